The Bertz CT molecular complexity index is 761. The molecular weight excluding hydrogens is 341 g/mol. The zero-order valence-electron chi connectivity index (χ0n) is 11.6. The minimum Gasteiger partial charge on any atom is -0.508 e. The number of anilines is 1. The minimum atomic E-state index is -0.962. The monoisotopic (exact) mass is 351 g/mol. The largest absolute Gasteiger partial charge is 0.508 e. The van der Waals surface area contributed by atoms with Crippen LogP contribution in [0.3, 0.4) is 0 Å². The quantitative estimate of drug-likeness (QED) is 0.451. The molecule has 2 aromatic carbocycles. The van der Waals surface area contributed by atoms with Gasteiger partial charge in [-0.15, -0.1) is 0 Å². The van der Waals surface area contributed by atoms with Crippen LogP contribution in [0.5, 0.6) is 5.75 Å². The molecule has 0 aliphatic rings. The predicted octanol–water partition coefficient (Wildman–Crippen LogP) is 2.79. The summed E-state index contributed by atoms with van der Waals surface area (Å²) in [6.07, 6.45) is 1.33. The topological polar surface area (TPSA) is 90.8 Å². The number of nitrogens with one attached hydrogen (secondary N) is 2. The molecule has 118 valence electrons. The van der Waals surface area contributed by atoms with Crippen LogP contribution in [0.2, 0.25) is 10.0 Å². The van der Waals surface area contributed by atoms with Crippen molar-refractivity contribution >= 4 is 46.9 Å². The van der Waals surface area contributed by atoms with Crippen LogP contribution in [0.25, 0.3) is 0 Å². The van der Waals surface area contributed by atoms with E-state index in [0.29, 0.717) is 10.6 Å². The Labute approximate surface area is 141 Å². The van der Waals surface area contributed by atoms with Crippen LogP contribution in [0, 0.1) is 0 Å². The molecule has 2 amide bonds. The molecule has 2 aromatic rings. The lowest BCUT2D eigenvalue weighted by Crippen LogP contribution is -2.32. The molecule has 2 rings (SSSR count). The summed E-state index contributed by atoms with van der Waals surface area (Å²) in [6.45, 7) is 0. The number of halogens is 2. The first kappa shape index (κ1) is 16.8. The van der Waals surface area contributed by atoms with E-state index in [1.54, 1.807) is 18.2 Å². The van der Waals surface area contributed by atoms with E-state index < -0.39 is 11.8 Å². The number of nitrogens with zero attached hydrogens (tertiary/aromatic N) is 1. The van der Waals surface area contributed by atoms with E-state index in [4.69, 9.17) is 28.3 Å². The normalized spacial score (nSPS) is 10.5. The molecule has 0 aliphatic heterocycles. The van der Waals surface area contributed by atoms with Gasteiger partial charge in [0.1, 0.15) is 5.75 Å². The average molecular weight is 352 g/mol. The van der Waals surface area contributed by atoms with Crippen molar-refractivity contribution in [1.82, 2.24) is 5.43 Å². The second kappa shape index (κ2) is 7.62. The lowest BCUT2D eigenvalue weighted by molar-refractivity contribution is -0.136. The fraction of sp³-hybridized carbons (Fsp3) is 0. The second-order valence-corrected chi connectivity index (χ2v) is 5.21. The summed E-state index contributed by atoms with van der Waals surface area (Å²) in [5, 5.41) is 15.7. The number of hydrogen-bond donors (Lipinski definition) is 3. The number of rotatable bonds is 3. The molecule has 3 N–H and O–H groups in total. The average Bonchev–Trinajstić information content (AvgIpc) is 2.52. The van der Waals surface area contributed by atoms with Crippen molar-refractivity contribution < 1.29 is 14.7 Å². The first-order chi connectivity index (χ1) is 11.0. The van der Waals surface area contributed by atoms with Gasteiger partial charge in [0.25, 0.3) is 0 Å². The molecule has 23 heavy (non-hydrogen) atoms. The fourth-order valence-corrected chi connectivity index (χ4v) is 1.89. The van der Waals surface area contributed by atoms with Crippen molar-refractivity contribution in [3.05, 3.63) is 58.1 Å². The number of benzene rings is 2. The summed E-state index contributed by atoms with van der Waals surface area (Å²) >= 11 is 11.7. The third-order valence-corrected chi connectivity index (χ3v) is 3.22. The molecule has 0 aromatic heterocycles. The van der Waals surface area contributed by atoms with Gasteiger partial charge >= 0.3 is 11.8 Å². The zero-order chi connectivity index (χ0) is 16.8. The summed E-state index contributed by atoms with van der Waals surface area (Å²) in [7, 11) is 0. The standard InChI is InChI=1S/C15H11Cl2N3O3/c16-10-3-6-12(17)13(7-10)19-14(22)15(23)20-18-8-9-1-4-11(21)5-2-9/h1-8,21H,(H,19,22)(H,20,23). The molecule has 0 saturated heterocycles. The zero-order valence-corrected chi connectivity index (χ0v) is 13.1. The number of carbonyl (C=O) groups is 2. The van der Waals surface area contributed by atoms with Crippen LogP contribution in [0.15, 0.2) is 47.6 Å². The summed E-state index contributed by atoms with van der Waals surface area (Å²) in [4.78, 5) is 23.4. The number of aromatic hydroxyl groups is 1. The maximum absolute atomic E-state index is 11.7. The molecule has 0 radical (unpaired) electrons. The molecule has 0 fully saturated rings. The first-order valence-electron chi connectivity index (χ1n) is 6.34. The Morgan fingerprint density at radius 3 is 2.43 bits per heavy atom. The first-order valence-corrected chi connectivity index (χ1v) is 7.10. The number of hydrogen-bond acceptors (Lipinski definition) is 4. The van der Waals surface area contributed by atoms with Crippen molar-refractivity contribution in [2.75, 3.05) is 5.32 Å². The SMILES string of the molecule is O=C(NN=Cc1ccc(O)cc1)C(=O)Nc1cc(Cl)ccc1Cl. The third-order valence-electron chi connectivity index (χ3n) is 2.66. The molecular formula is C15H11Cl2N3O3. The van der Waals surface area contributed by atoms with E-state index in [1.165, 1.54) is 30.5 Å². The van der Waals surface area contributed by atoms with Crippen molar-refractivity contribution in [2.45, 2.75) is 0 Å². The lowest BCUT2D eigenvalue weighted by atomic mass is 10.2. The molecule has 0 unspecified atom stereocenters. The fourth-order valence-electron chi connectivity index (χ4n) is 1.55. The molecule has 8 heteroatoms. The lowest BCUT2D eigenvalue weighted by Gasteiger charge is -2.06. The van der Waals surface area contributed by atoms with Crippen molar-refractivity contribution in [1.29, 1.82) is 0 Å². The number of phenolic OH excluding ortho intramolecular Hbond substituents is 1. The summed E-state index contributed by atoms with van der Waals surface area (Å²) < 4.78 is 0. The Morgan fingerprint density at radius 2 is 1.74 bits per heavy atom. The highest BCUT2D eigenvalue weighted by molar-refractivity contribution is 6.42. The second-order valence-electron chi connectivity index (χ2n) is 4.37. The van der Waals surface area contributed by atoms with Gasteiger partial charge in [0.05, 0.1) is 16.9 Å². The Hall–Kier alpha value is -2.57. The van der Waals surface area contributed by atoms with E-state index in [2.05, 4.69) is 15.8 Å². The van der Waals surface area contributed by atoms with Gasteiger partial charge in [-0.3, -0.25) is 9.59 Å². The van der Waals surface area contributed by atoms with Crippen molar-refractivity contribution in [3.8, 4) is 5.75 Å². The number of phenols is 1. The van der Waals surface area contributed by atoms with Gasteiger partial charge in [-0.2, -0.15) is 5.10 Å². The van der Waals surface area contributed by atoms with E-state index >= 15 is 0 Å². The van der Waals surface area contributed by atoms with Crippen LogP contribution in [-0.2, 0) is 9.59 Å². The Morgan fingerprint density at radius 1 is 1.04 bits per heavy atom. The number of carbonyl (C=O) groups excluding carboxylic acids is 2. The van der Waals surface area contributed by atoms with Crippen LogP contribution in [0.4, 0.5) is 5.69 Å². The third kappa shape index (κ3) is 4.98. The maximum atomic E-state index is 11.7. The maximum Gasteiger partial charge on any atom is 0.329 e. The van der Waals surface area contributed by atoms with Gasteiger partial charge in [0.15, 0.2) is 0 Å². The van der Waals surface area contributed by atoms with Crippen LogP contribution < -0.4 is 10.7 Å². The molecule has 0 bridgehead atoms. The van der Waals surface area contributed by atoms with Crippen molar-refractivity contribution in [3.63, 3.8) is 0 Å². The van der Waals surface area contributed by atoms with E-state index in [0.717, 1.165) is 0 Å². The summed E-state index contributed by atoms with van der Waals surface area (Å²) in [5.74, 6) is -1.78. The van der Waals surface area contributed by atoms with Gasteiger partial charge in [-0.1, -0.05) is 23.2 Å². The van der Waals surface area contributed by atoms with E-state index in [9.17, 15) is 9.59 Å². The smallest absolute Gasteiger partial charge is 0.329 e. The molecule has 0 spiro atoms. The van der Waals surface area contributed by atoms with Crippen LogP contribution >= 0.6 is 23.2 Å². The van der Waals surface area contributed by atoms with Gasteiger partial charge in [-0.25, -0.2) is 5.43 Å². The van der Waals surface area contributed by atoms with Crippen LogP contribution in [0.1, 0.15) is 5.56 Å². The molecule has 0 saturated carbocycles. The van der Waals surface area contributed by atoms with E-state index in [1.807, 2.05) is 0 Å². The molecule has 0 atom stereocenters. The summed E-state index contributed by atoms with van der Waals surface area (Å²) in [6, 6.07) is 10.6. The Balaban J connectivity index is 1.93. The highest BCUT2D eigenvalue weighted by atomic mass is 35.5. The molecule has 0 aliphatic carbocycles. The van der Waals surface area contributed by atoms with Crippen LogP contribution in [-0.4, -0.2) is 23.1 Å². The van der Waals surface area contributed by atoms with Crippen molar-refractivity contribution in [2.24, 2.45) is 5.10 Å². The minimum absolute atomic E-state index is 0.115. The van der Waals surface area contributed by atoms with Gasteiger partial charge in [-0.05, 0) is 48.0 Å². The highest BCUT2D eigenvalue weighted by Gasteiger charge is 2.14. The highest BCUT2D eigenvalue weighted by Crippen LogP contribution is 2.25. The Kier molecular flexibility index (Phi) is 5.56. The molecule has 0 heterocycles. The predicted molar refractivity (Wildman–Crippen MR) is 88.9 cm³/mol. The number of hydrazone groups is 1. The number of amides is 2. The van der Waals surface area contributed by atoms with E-state index in [-0.39, 0.29) is 16.5 Å². The van der Waals surface area contributed by atoms with Gasteiger partial charge < -0.3 is 10.4 Å². The van der Waals surface area contributed by atoms with Gasteiger partial charge in [0, 0.05) is 5.02 Å². The van der Waals surface area contributed by atoms with Gasteiger partial charge in [0.2, 0.25) is 0 Å². The summed E-state index contributed by atoms with van der Waals surface area (Å²) in [5.41, 5.74) is 2.94. The molecule has 6 nitrogen and oxygen atoms in total.